The fourth-order valence-corrected chi connectivity index (χ4v) is 4.46. The number of carbonyl (C=O) groups is 1. The number of fused-ring (bicyclic) bond motifs is 1. The van der Waals surface area contributed by atoms with Gasteiger partial charge in [0.05, 0.1) is 6.42 Å². The first-order chi connectivity index (χ1) is 10.9. The number of phenols is 1. The molecule has 126 valence electrons. The first-order valence-corrected chi connectivity index (χ1v) is 8.64. The zero-order chi connectivity index (χ0) is 16.6. The van der Waals surface area contributed by atoms with Gasteiger partial charge >= 0.3 is 0 Å². The second-order valence-electron chi connectivity index (χ2n) is 7.59. The smallest absolute Gasteiger partial charge is 0.226 e. The van der Waals surface area contributed by atoms with Gasteiger partial charge in [-0.2, -0.15) is 0 Å². The van der Waals surface area contributed by atoms with E-state index in [1.807, 2.05) is 18.0 Å². The molecule has 2 unspecified atom stereocenters. The molecule has 0 heterocycles. The van der Waals surface area contributed by atoms with Crippen LogP contribution in [0, 0.1) is 11.8 Å². The van der Waals surface area contributed by atoms with Crippen LogP contribution in [0.5, 0.6) is 5.75 Å². The molecule has 23 heavy (non-hydrogen) atoms. The van der Waals surface area contributed by atoms with Gasteiger partial charge in [0.2, 0.25) is 5.91 Å². The van der Waals surface area contributed by atoms with Crippen LogP contribution >= 0.6 is 0 Å². The molecule has 0 radical (unpaired) electrons. The number of likely N-dealkylation sites (N-methyl/N-ethyl adjacent to an activating group) is 1. The Morgan fingerprint density at radius 3 is 2.26 bits per heavy atom. The van der Waals surface area contributed by atoms with E-state index < -0.39 is 0 Å². The number of rotatable bonds is 4. The molecular formula is C19H28N2O2. The van der Waals surface area contributed by atoms with Crippen LogP contribution in [0.2, 0.25) is 0 Å². The lowest BCUT2D eigenvalue weighted by Crippen LogP contribution is -2.37. The maximum atomic E-state index is 12.5. The highest BCUT2D eigenvalue weighted by molar-refractivity contribution is 5.79. The number of amides is 1. The molecule has 0 aliphatic heterocycles. The van der Waals surface area contributed by atoms with Crippen LogP contribution in [0.3, 0.4) is 0 Å². The Labute approximate surface area is 139 Å². The Morgan fingerprint density at radius 1 is 1.09 bits per heavy atom. The Bertz CT molecular complexity index is 558. The molecule has 1 aromatic carbocycles. The summed E-state index contributed by atoms with van der Waals surface area (Å²) >= 11 is 0. The molecule has 1 N–H and O–H groups in total. The van der Waals surface area contributed by atoms with Crippen molar-refractivity contribution < 1.29 is 9.90 Å². The second-order valence-corrected chi connectivity index (χ2v) is 7.59. The second kappa shape index (κ2) is 6.52. The van der Waals surface area contributed by atoms with Gasteiger partial charge in [-0.05, 0) is 69.3 Å². The molecule has 4 heteroatoms. The number of aromatic hydroxyl groups is 1. The van der Waals surface area contributed by atoms with E-state index in [0.29, 0.717) is 12.5 Å². The van der Waals surface area contributed by atoms with Crippen molar-refractivity contribution in [1.82, 2.24) is 9.80 Å². The first kappa shape index (κ1) is 16.3. The molecule has 2 fully saturated rings. The van der Waals surface area contributed by atoms with Gasteiger partial charge in [0, 0.05) is 19.1 Å². The summed E-state index contributed by atoms with van der Waals surface area (Å²) in [4.78, 5) is 16.8. The number of carbonyl (C=O) groups excluding carboxylic acids is 1. The van der Waals surface area contributed by atoms with Crippen LogP contribution in [0.25, 0.3) is 0 Å². The molecule has 0 spiro atoms. The molecule has 1 aromatic rings. The minimum atomic E-state index is 0.157. The van der Waals surface area contributed by atoms with Crippen LogP contribution in [0.15, 0.2) is 24.3 Å². The van der Waals surface area contributed by atoms with Crippen molar-refractivity contribution in [2.24, 2.45) is 11.8 Å². The van der Waals surface area contributed by atoms with Crippen molar-refractivity contribution >= 4 is 5.91 Å². The lowest BCUT2D eigenvalue weighted by Gasteiger charge is -2.27. The highest BCUT2D eigenvalue weighted by atomic mass is 16.3. The van der Waals surface area contributed by atoms with Crippen LogP contribution < -0.4 is 0 Å². The third-order valence-corrected chi connectivity index (χ3v) is 5.90. The zero-order valence-electron chi connectivity index (χ0n) is 14.4. The summed E-state index contributed by atoms with van der Waals surface area (Å²) in [6.45, 7) is 0. The summed E-state index contributed by atoms with van der Waals surface area (Å²) in [5.74, 6) is 1.94. The third-order valence-electron chi connectivity index (χ3n) is 5.90. The maximum Gasteiger partial charge on any atom is 0.226 e. The van der Waals surface area contributed by atoms with E-state index in [0.717, 1.165) is 36.3 Å². The van der Waals surface area contributed by atoms with Gasteiger partial charge in [0.1, 0.15) is 5.75 Å². The SMILES string of the molecule is CN(C)C1C[C@@H]2CC(N(C)C(=O)Cc3cccc(O)c3)C[C@@H]2C1. The summed E-state index contributed by atoms with van der Waals surface area (Å²) in [5.41, 5.74) is 0.882. The quantitative estimate of drug-likeness (QED) is 0.928. The highest BCUT2D eigenvalue weighted by Crippen LogP contribution is 2.46. The van der Waals surface area contributed by atoms with Crippen LogP contribution in [-0.4, -0.2) is 54.0 Å². The third kappa shape index (κ3) is 3.52. The van der Waals surface area contributed by atoms with Gasteiger partial charge in [-0.3, -0.25) is 4.79 Å². The van der Waals surface area contributed by atoms with Crippen molar-refractivity contribution in [3.63, 3.8) is 0 Å². The molecule has 4 atom stereocenters. The fraction of sp³-hybridized carbons (Fsp3) is 0.632. The van der Waals surface area contributed by atoms with E-state index in [1.165, 1.54) is 12.8 Å². The Balaban J connectivity index is 1.56. The highest BCUT2D eigenvalue weighted by Gasteiger charge is 2.43. The lowest BCUT2D eigenvalue weighted by molar-refractivity contribution is -0.131. The Morgan fingerprint density at radius 2 is 1.70 bits per heavy atom. The number of hydrogen-bond acceptors (Lipinski definition) is 3. The molecule has 1 amide bonds. The number of nitrogens with zero attached hydrogens (tertiary/aromatic N) is 2. The molecule has 0 aromatic heterocycles. The molecule has 2 aliphatic rings. The van der Waals surface area contributed by atoms with E-state index in [9.17, 15) is 9.90 Å². The van der Waals surface area contributed by atoms with Gasteiger partial charge in [-0.25, -0.2) is 0 Å². The van der Waals surface area contributed by atoms with Crippen molar-refractivity contribution in [2.45, 2.75) is 44.2 Å². The maximum absolute atomic E-state index is 12.5. The summed E-state index contributed by atoms with van der Waals surface area (Å²) in [6, 6.07) is 8.11. The molecule has 0 saturated heterocycles. The lowest BCUT2D eigenvalue weighted by atomic mass is 10.0. The number of phenolic OH excluding ortho intramolecular Hbond substituents is 1. The van der Waals surface area contributed by atoms with Gasteiger partial charge in [0.15, 0.2) is 0 Å². The molecule has 3 rings (SSSR count). The topological polar surface area (TPSA) is 43.8 Å². The fourth-order valence-electron chi connectivity index (χ4n) is 4.46. The molecule has 4 nitrogen and oxygen atoms in total. The van der Waals surface area contributed by atoms with E-state index >= 15 is 0 Å². The van der Waals surface area contributed by atoms with Crippen molar-refractivity contribution in [1.29, 1.82) is 0 Å². The standard InChI is InChI=1S/C19H28N2O2/c1-20(2)16-9-14-11-17(12-15(14)10-16)21(3)19(23)8-13-5-4-6-18(22)7-13/h4-7,14-17,22H,8-12H2,1-3H3/t14-,15+,16?,17?. The number of hydrogen-bond donors (Lipinski definition) is 1. The van der Waals surface area contributed by atoms with Gasteiger partial charge in [0.25, 0.3) is 0 Å². The van der Waals surface area contributed by atoms with Crippen molar-refractivity contribution in [3.8, 4) is 5.75 Å². The summed E-state index contributed by atoms with van der Waals surface area (Å²) in [5, 5.41) is 9.53. The van der Waals surface area contributed by atoms with Crippen LogP contribution in [0.1, 0.15) is 31.2 Å². The average Bonchev–Trinajstić information content (AvgIpc) is 3.04. The van der Waals surface area contributed by atoms with Gasteiger partial charge in [-0.1, -0.05) is 12.1 Å². The predicted molar refractivity (Wildman–Crippen MR) is 91.3 cm³/mol. The van der Waals surface area contributed by atoms with Gasteiger partial charge < -0.3 is 14.9 Å². The van der Waals surface area contributed by atoms with Crippen molar-refractivity contribution in [2.75, 3.05) is 21.1 Å². The Kier molecular flexibility index (Phi) is 4.62. The Hall–Kier alpha value is -1.55. The monoisotopic (exact) mass is 316 g/mol. The first-order valence-electron chi connectivity index (χ1n) is 8.64. The molecular weight excluding hydrogens is 288 g/mol. The van der Waals surface area contributed by atoms with E-state index in [1.54, 1.807) is 18.2 Å². The molecule has 2 aliphatic carbocycles. The number of benzene rings is 1. The van der Waals surface area contributed by atoms with E-state index in [-0.39, 0.29) is 11.7 Å². The van der Waals surface area contributed by atoms with Crippen molar-refractivity contribution in [3.05, 3.63) is 29.8 Å². The molecule has 0 bridgehead atoms. The van der Waals surface area contributed by atoms with Crippen LogP contribution in [0.4, 0.5) is 0 Å². The van der Waals surface area contributed by atoms with Gasteiger partial charge in [-0.15, -0.1) is 0 Å². The summed E-state index contributed by atoms with van der Waals surface area (Å²) in [7, 11) is 6.29. The van der Waals surface area contributed by atoms with E-state index in [4.69, 9.17) is 0 Å². The van der Waals surface area contributed by atoms with E-state index in [2.05, 4.69) is 19.0 Å². The average molecular weight is 316 g/mol. The molecule has 2 saturated carbocycles. The van der Waals surface area contributed by atoms with Crippen LogP contribution in [-0.2, 0) is 11.2 Å². The minimum absolute atomic E-state index is 0.157. The predicted octanol–water partition coefficient (Wildman–Crippen LogP) is 2.51. The summed E-state index contributed by atoms with van der Waals surface area (Å²) in [6.07, 6.45) is 5.23. The zero-order valence-corrected chi connectivity index (χ0v) is 14.4. The normalized spacial score (nSPS) is 29.7. The largest absolute Gasteiger partial charge is 0.508 e. The minimum Gasteiger partial charge on any atom is -0.508 e. The summed E-state index contributed by atoms with van der Waals surface area (Å²) < 4.78 is 0.